The highest BCUT2D eigenvalue weighted by molar-refractivity contribution is 5.91. The predicted molar refractivity (Wildman–Crippen MR) is 119 cm³/mol. The van der Waals surface area contributed by atoms with Gasteiger partial charge in [-0.2, -0.15) is 0 Å². The first-order valence-corrected chi connectivity index (χ1v) is 10.6. The fourth-order valence-electron chi connectivity index (χ4n) is 4.13. The molecular formula is C23H33N5O3. The molecule has 0 spiro atoms. The number of amides is 2. The van der Waals surface area contributed by atoms with Gasteiger partial charge in [-0.05, 0) is 37.1 Å². The van der Waals surface area contributed by atoms with Crippen LogP contribution in [0.4, 0.5) is 0 Å². The first-order chi connectivity index (χ1) is 14.6. The Morgan fingerprint density at radius 1 is 1.26 bits per heavy atom. The van der Waals surface area contributed by atoms with Gasteiger partial charge in [-0.3, -0.25) is 9.59 Å². The minimum absolute atomic E-state index is 0.160. The Kier molecular flexibility index (Phi) is 6.81. The number of aliphatic hydroxyl groups is 1. The van der Waals surface area contributed by atoms with E-state index >= 15 is 0 Å². The molecule has 0 radical (unpaired) electrons. The number of imidazole rings is 1. The maximum Gasteiger partial charge on any atom is 0.243 e. The van der Waals surface area contributed by atoms with Crippen molar-refractivity contribution in [2.75, 3.05) is 13.6 Å². The number of carbonyl (C=O) groups is 2. The molecule has 3 atom stereocenters. The third kappa shape index (κ3) is 5.14. The number of aromatic nitrogens is 2. The number of aliphatic hydroxyl groups excluding tert-OH is 1. The van der Waals surface area contributed by atoms with E-state index < -0.39 is 18.2 Å². The zero-order valence-corrected chi connectivity index (χ0v) is 18.9. The normalized spacial score (nSPS) is 20.0. The Hall–Kier alpha value is -2.71. The second-order valence-corrected chi connectivity index (χ2v) is 9.21. The van der Waals surface area contributed by atoms with Gasteiger partial charge < -0.3 is 25.2 Å². The Bertz CT molecular complexity index is 916. The molecule has 8 heteroatoms. The Labute approximate surface area is 183 Å². The smallest absolute Gasteiger partial charge is 0.243 e. The van der Waals surface area contributed by atoms with E-state index in [1.165, 1.54) is 4.90 Å². The first-order valence-electron chi connectivity index (χ1n) is 10.6. The van der Waals surface area contributed by atoms with E-state index in [0.717, 1.165) is 17.1 Å². The van der Waals surface area contributed by atoms with Crippen molar-refractivity contribution in [2.45, 2.75) is 58.8 Å². The van der Waals surface area contributed by atoms with Crippen molar-refractivity contribution in [1.29, 1.82) is 0 Å². The highest BCUT2D eigenvalue weighted by atomic mass is 16.3. The summed E-state index contributed by atoms with van der Waals surface area (Å²) in [7, 11) is 1.74. The minimum Gasteiger partial charge on any atom is -0.391 e. The van der Waals surface area contributed by atoms with Crippen LogP contribution < -0.4 is 10.6 Å². The predicted octanol–water partition coefficient (Wildman–Crippen LogP) is 1.39. The van der Waals surface area contributed by atoms with Crippen molar-refractivity contribution in [3.63, 3.8) is 0 Å². The molecule has 2 amide bonds. The molecular weight excluding hydrogens is 394 g/mol. The molecule has 1 aliphatic heterocycles. The van der Waals surface area contributed by atoms with E-state index in [9.17, 15) is 14.7 Å². The lowest BCUT2D eigenvalue weighted by Gasteiger charge is -2.34. The maximum atomic E-state index is 13.1. The summed E-state index contributed by atoms with van der Waals surface area (Å²) >= 11 is 0. The summed E-state index contributed by atoms with van der Waals surface area (Å²) < 4.78 is 1.99. The number of nitrogens with zero attached hydrogens (tertiary/aromatic N) is 3. The van der Waals surface area contributed by atoms with E-state index in [1.807, 2.05) is 62.7 Å². The van der Waals surface area contributed by atoms with E-state index in [1.54, 1.807) is 13.2 Å². The maximum absolute atomic E-state index is 13.1. The number of hydrogen-bond acceptors (Lipinski definition) is 5. The topological polar surface area (TPSA) is 99.5 Å². The number of nitrogens with one attached hydrogen (secondary N) is 2. The molecule has 1 aromatic heterocycles. The second kappa shape index (κ2) is 9.20. The van der Waals surface area contributed by atoms with Gasteiger partial charge in [-0.15, -0.1) is 0 Å². The Morgan fingerprint density at radius 3 is 2.48 bits per heavy atom. The van der Waals surface area contributed by atoms with Gasteiger partial charge in [0.2, 0.25) is 11.8 Å². The van der Waals surface area contributed by atoms with Crippen molar-refractivity contribution >= 4 is 11.8 Å². The van der Waals surface area contributed by atoms with Gasteiger partial charge >= 0.3 is 0 Å². The quantitative estimate of drug-likeness (QED) is 0.647. The number of rotatable bonds is 6. The molecule has 3 N–H and O–H groups in total. The molecule has 1 saturated heterocycles. The van der Waals surface area contributed by atoms with Crippen molar-refractivity contribution in [2.24, 2.45) is 5.41 Å². The fourth-order valence-corrected chi connectivity index (χ4v) is 4.13. The highest BCUT2D eigenvalue weighted by Gasteiger charge is 2.43. The van der Waals surface area contributed by atoms with Crippen LogP contribution in [0.3, 0.4) is 0 Å². The van der Waals surface area contributed by atoms with Crippen LogP contribution in [0.25, 0.3) is 5.69 Å². The average Bonchev–Trinajstić information content (AvgIpc) is 3.31. The SMILES string of the molecule is CN[C@H](C(=O)N1C[C@H](O)C[C@H]1C(=O)NCc1ccc(-n2ccnc2C)cc1)C(C)(C)C. The third-order valence-corrected chi connectivity index (χ3v) is 5.77. The van der Waals surface area contributed by atoms with E-state index in [-0.39, 0.29) is 30.2 Å². The van der Waals surface area contributed by atoms with E-state index in [2.05, 4.69) is 15.6 Å². The lowest BCUT2D eigenvalue weighted by molar-refractivity contribution is -0.142. The van der Waals surface area contributed by atoms with Crippen molar-refractivity contribution in [3.05, 3.63) is 48.0 Å². The number of likely N-dealkylation sites (tertiary alicyclic amines) is 1. The summed E-state index contributed by atoms with van der Waals surface area (Å²) in [6.07, 6.45) is 3.20. The molecule has 3 rings (SSSR count). The standard InChI is InChI=1S/C23H33N5O3/c1-15-25-10-11-27(15)17-8-6-16(7-9-17)13-26-21(30)19-12-18(29)14-28(19)22(31)20(24-5)23(2,3)4/h6-11,18-20,24,29H,12-14H2,1-5H3,(H,26,30)/t18-,19+,20-/m1/s1. The fraction of sp³-hybridized carbons (Fsp3) is 0.522. The van der Waals surface area contributed by atoms with Crippen LogP contribution in [0.5, 0.6) is 0 Å². The van der Waals surface area contributed by atoms with E-state index in [4.69, 9.17) is 0 Å². The van der Waals surface area contributed by atoms with Gasteiger partial charge in [0, 0.05) is 37.6 Å². The van der Waals surface area contributed by atoms with Crippen LogP contribution in [-0.4, -0.2) is 63.2 Å². The highest BCUT2D eigenvalue weighted by Crippen LogP contribution is 2.26. The molecule has 168 valence electrons. The van der Waals surface area contributed by atoms with Gasteiger partial charge in [0.1, 0.15) is 11.9 Å². The monoisotopic (exact) mass is 427 g/mol. The van der Waals surface area contributed by atoms with Gasteiger partial charge in [0.15, 0.2) is 0 Å². The lowest BCUT2D eigenvalue weighted by atomic mass is 9.86. The lowest BCUT2D eigenvalue weighted by Crippen LogP contribution is -2.55. The molecule has 0 bridgehead atoms. The van der Waals surface area contributed by atoms with Gasteiger partial charge in [0.05, 0.1) is 12.1 Å². The van der Waals surface area contributed by atoms with Gasteiger partial charge in [0.25, 0.3) is 0 Å². The number of carbonyl (C=O) groups excluding carboxylic acids is 2. The Balaban J connectivity index is 1.65. The van der Waals surface area contributed by atoms with Crippen LogP contribution in [0.15, 0.2) is 36.7 Å². The first kappa shape index (κ1) is 23.0. The number of β-amino-alcohol motifs (C(OH)–C–C–N with tert-alkyl or cyclic N) is 1. The van der Waals surface area contributed by atoms with Crippen molar-refractivity contribution in [1.82, 2.24) is 25.1 Å². The van der Waals surface area contributed by atoms with Gasteiger partial charge in [-0.25, -0.2) is 4.98 Å². The zero-order chi connectivity index (χ0) is 22.8. The summed E-state index contributed by atoms with van der Waals surface area (Å²) in [6.45, 7) is 8.39. The number of benzene rings is 1. The van der Waals surface area contributed by atoms with E-state index in [0.29, 0.717) is 6.54 Å². The number of aryl methyl sites for hydroxylation is 1. The van der Waals surface area contributed by atoms with Crippen LogP contribution >= 0.6 is 0 Å². The molecule has 0 unspecified atom stereocenters. The number of likely N-dealkylation sites (N-methyl/N-ethyl adjacent to an activating group) is 1. The Morgan fingerprint density at radius 2 is 1.94 bits per heavy atom. The molecule has 2 heterocycles. The summed E-state index contributed by atoms with van der Waals surface area (Å²) in [5.74, 6) is 0.496. The molecule has 1 aromatic carbocycles. The van der Waals surface area contributed by atoms with Crippen LogP contribution in [0.1, 0.15) is 38.6 Å². The zero-order valence-electron chi connectivity index (χ0n) is 18.9. The van der Waals surface area contributed by atoms with Crippen molar-refractivity contribution in [3.8, 4) is 5.69 Å². The molecule has 2 aromatic rings. The van der Waals surface area contributed by atoms with Crippen molar-refractivity contribution < 1.29 is 14.7 Å². The average molecular weight is 428 g/mol. The van der Waals surface area contributed by atoms with Crippen LogP contribution in [-0.2, 0) is 16.1 Å². The summed E-state index contributed by atoms with van der Waals surface area (Å²) in [6, 6.07) is 6.76. The molecule has 31 heavy (non-hydrogen) atoms. The van der Waals surface area contributed by atoms with Gasteiger partial charge in [-0.1, -0.05) is 32.9 Å². The molecule has 8 nitrogen and oxygen atoms in total. The summed E-state index contributed by atoms with van der Waals surface area (Å²) in [4.78, 5) is 31.7. The van der Waals surface area contributed by atoms with Crippen LogP contribution in [0, 0.1) is 12.3 Å². The molecule has 0 aliphatic carbocycles. The third-order valence-electron chi connectivity index (χ3n) is 5.77. The second-order valence-electron chi connectivity index (χ2n) is 9.21. The number of hydrogen-bond donors (Lipinski definition) is 3. The minimum atomic E-state index is -0.699. The van der Waals surface area contributed by atoms with Crippen LogP contribution in [0.2, 0.25) is 0 Å². The molecule has 1 aliphatic rings. The summed E-state index contributed by atoms with van der Waals surface area (Å²) in [5.41, 5.74) is 1.64. The summed E-state index contributed by atoms with van der Waals surface area (Å²) in [5, 5.41) is 16.1. The largest absolute Gasteiger partial charge is 0.391 e. The molecule has 0 saturated carbocycles. The molecule has 1 fully saturated rings.